The molecule has 0 aliphatic heterocycles. The molecule has 0 aromatic heterocycles. The van der Waals surface area contributed by atoms with E-state index in [4.69, 9.17) is 11.6 Å². The number of aryl methyl sites for hydroxylation is 1. The van der Waals surface area contributed by atoms with E-state index in [1.165, 1.54) is 29.2 Å². The molecule has 0 saturated heterocycles. The Bertz CT molecular complexity index is 1630. The molecule has 0 aliphatic rings. The van der Waals surface area contributed by atoms with Crippen molar-refractivity contribution in [3.8, 4) is 0 Å². The lowest BCUT2D eigenvalue weighted by Crippen LogP contribution is -2.53. The maximum absolute atomic E-state index is 14.4. The van der Waals surface area contributed by atoms with Crippen LogP contribution in [0.15, 0.2) is 114 Å². The smallest absolute Gasteiger partial charge is 0.264 e. The predicted molar refractivity (Wildman–Crippen MR) is 176 cm³/mol. The summed E-state index contributed by atoms with van der Waals surface area (Å²) in [4.78, 5) is 29.7. The number of carbonyl (C=O) groups is 2. The van der Waals surface area contributed by atoms with Gasteiger partial charge in [-0.1, -0.05) is 104 Å². The highest BCUT2D eigenvalue weighted by Crippen LogP contribution is 2.26. The summed E-state index contributed by atoms with van der Waals surface area (Å²) in [6.45, 7) is 6.03. The molecular formula is C35H38ClN3O4S. The Kier molecular flexibility index (Phi) is 11.2. The van der Waals surface area contributed by atoms with E-state index in [1.807, 2.05) is 75.4 Å². The van der Waals surface area contributed by atoms with Crippen LogP contribution < -0.4 is 9.62 Å². The standard InChI is InChI=1S/C35H38ClN3O4S/c1-26(2)23-37-35(41)33(22-28-10-6-4-7-11-28)38(24-29-16-14-27(3)15-17-29)34(40)25-39(31-12-8-5-9-13-31)44(42,43)32-20-18-30(36)19-21-32/h4-21,26,33H,22-25H2,1-3H3,(H,37,41)/t33-/m0/s1. The van der Waals surface area contributed by atoms with Crippen molar-refractivity contribution in [2.45, 2.75) is 44.7 Å². The van der Waals surface area contributed by atoms with Gasteiger partial charge in [-0.25, -0.2) is 8.42 Å². The van der Waals surface area contributed by atoms with Gasteiger partial charge in [0.05, 0.1) is 10.6 Å². The first-order valence-corrected chi connectivity index (χ1v) is 16.4. The number of sulfonamides is 1. The largest absolute Gasteiger partial charge is 0.354 e. The second kappa shape index (κ2) is 15.0. The van der Waals surface area contributed by atoms with Crippen LogP contribution in [0.2, 0.25) is 5.02 Å². The van der Waals surface area contributed by atoms with Crippen molar-refractivity contribution in [2.24, 2.45) is 5.92 Å². The molecule has 230 valence electrons. The Labute approximate surface area is 265 Å². The molecule has 44 heavy (non-hydrogen) atoms. The number of halogens is 1. The minimum absolute atomic E-state index is 0.000787. The van der Waals surface area contributed by atoms with Gasteiger partial charge in [-0.15, -0.1) is 0 Å². The van der Waals surface area contributed by atoms with Gasteiger partial charge in [0.25, 0.3) is 10.0 Å². The molecular weight excluding hydrogens is 594 g/mol. The number of hydrogen-bond donors (Lipinski definition) is 1. The summed E-state index contributed by atoms with van der Waals surface area (Å²) >= 11 is 6.04. The summed E-state index contributed by atoms with van der Waals surface area (Å²) in [5, 5.41) is 3.40. The van der Waals surface area contributed by atoms with Crippen molar-refractivity contribution in [1.82, 2.24) is 10.2 Å². The predicted octanol–water partition coefficient (Wildman–Crippen LogP) is 6.26. The summed E-state index contributed by atoms with van der Waals surface area (Å²) in [5.74, 6) is -0.599. The highest BCUT2D eigenvalue weighted by atomic mass is 35.5. The van der Waals surface area contributed by atoms with Gasteiger partial charge in [0.2, 0.25) is 11.8 Å². The van der Waals surface area contributed by atoms with Crippen LogP contribution in [0.5, 0.6) is 0 Å². The van der Waals surface area contributed by atoms with Crippen LogP contribution >= 0.6 is 11.6 Å². The van der Waals surface area contributed by atoms with Gasteiger partial charge in [-0.3, -0.25) is 13.9 Å². The van der Waals surface area contributed by atoms with Gasteiger partial charge in [-0.2, -0.15) is 0 Å². The maximum Gasteiger partial charge on any atom is 0.264 e. The quantitative estimate of drug-likeness (QED) is 0.189. The van der Waals surface area contributed by atoms with E-state index in [0.29, 0.717) is 17.3 Å². The molecule has 4 rings (SSSR count). The van der Waals surface area contributed by atoms with E-state index in [0.717, 1.165) is 21.0 Å². The molecule has 0 spiro atoms. The lowest BCUT2D eigenvalue weighted by atomic mass is 10.0. The van der Waals surface area contributed by atoms with Gasteiger partial charge < -0.3 is 10.2 Å². The van der Waals surface area contributed by atoms with Crippen LogP contribution in [0.1, 0.15) is 30.5 Å². The average Bonchev–Trinajstić information content (AvgIpc) is 3.02. The first kappa shape index (κ1) is 32.8. The third kappa shape index (κ3) is 8.71. The lowest BCUT2D eigenvalue weighted by molar-refractivity contribution is -0.140. The number of carbonyl (C=O) groups excluding carboxylic acids is 2. The second-order valence-corrected chi connectivity index (χ2v) is 13.5. The fourth-order valence-electron chi connectivity index (χ4n) is 4.72. The van der Waals surface area contributed by atoms with E-state index in [9.17, 15) is 18.0 Å². The first-order valence-electron chi connectivity index (χ1n) is 14.5. The summed E-state index contributed by atoms with van der Waals surface area (Å²) in [7, 11) is -4.18. The molecule has 0 aliphatic carbocycles. The molecule has 0 fully saturated rings. The molecule has 7 nitrogen and oxygen atoms in total. The normalized spacial score (nSPS) is 12.0. The maximum atomic E-state index is 14.4. The van der Waals surface area contributed by atoms with E-state index in [-0.39, 0.29) is 29.7 Å². The minimum atomic E-state index is -4.18. The van der Waals surface area contributed by atoms with Crippen LogP contribution in [0.25, 0.3) is 0 Å². The molecule has 2 amide bonds. The van der Waals surface area contributed by atoms with Crippen molar-refractivity contribution in [3.63, 3.8) is 0 Å². The summed E-state index contributed by atoms with van der Waals surface area (Å²) < 4.78 is 29.1. The van der Waals surface area contributed by atoms with Crippen molar-refractivity contribution in [1.29, 1.82) is 0 Å². The molecule has 0 radical (unpaired) electrons. The first-order chi connectivity index (χ1) is 21.0. The van der Waals surface area contributed by atoms with Crippen LogP contribution in [-0.4, -0.2) is 44.3 Å². The monoisotopic (exact) mass is 631 g/mol. The minimum Gasteiger partial charge on any atom is -0.354 e. The van der Waals surface area contributed by atoms with Gasteiger partial charge >= 0.3 is 0 Å². The molecule has 1 atom stereocenters. The highest BCUT2D eigenvalue weighted by Gasteiger charge is 2.34. The number of para-hydroxylation sites is 1. The molecule has 0 saturated carbocycles. The van der Waals surface area contributed by atoms with Crippen LogP contribution in [0, 0.1) is 12.8 Å². The van der Waals surface area contributed by atoms with E-state index in [1.54, 1.807) is 30.3 Å². The zero-order valence-electron chi connectivity index (χ0n) is 25.2. The van der Waals surface area contributed by atoms with E-state index in [2.05, 4.69) is 5.32 Å². The fourth-order valence-corrected chi connectivity index (χ4v) is 6.26. The Balaban J connectivity index is 1.77. The molecule has 0 unspecified atom stereocenters. The topological polar surface area (TPSA) is 86.8 Å². The fraction of sp³-hybridized carbons (Fsp3) is 0.257. The van der Waals surface area contributed by atoms with Gasteiger partial charge in [0.15, 0.2) is 0 Å². The number of rotatable bonds is 13. The molecule has 9 heteroatoms. The van der Waals surface area contributed by atoms with Crippen molar-refractivity contribution in [3.05, 3.63) is 131 Å². The average molecular weight is 632 g/mol. The van der Waals surface area contributed by atoms with E-state index >= 15 is 0 Å². The lowest BCUT2D eigenvalue weighted by Gasteiger charge is -2.34. The van der Waals surface area contributed by atoms with Gasteiger partial charge in [0.1, 0.15) is 12.6 Å². The highest BCUT2D eigenvalue weighted by molar-refractivity contribution is 7.92. The number of amides is 2. The Morgan fingerprint density at radius 2 is 1.39 bits per heavy atom. The number of nitrogens with zero attached hydrogens (tertiary/aromatic N) is 2. The summed E-state index contributed by atoms with van der Waals surface area (Å²) in [5.41, 5.74) is 3.10. The Morgan fingerprint density at radius 1 is 0.795 bits per heavy atom. The van der Waals surface area contributed by atoms with Crippen molar-refractivity contribution >= 4 is 39.1 Å². The molecule has 0 bridgehead atoms. The SMILES string of the molecule is Cc1ccc(CN(C(=O)CN(c2ccccc2)S(=O)(=O)c2ccc(Cl)cc2)[C@@H](Cc2ccccc2)C(=O)NCC(C)C)cc1. The van der Waals surface area contributed by atoms with Crippen LogP contribution in [-0.2, 0) is 32.6 Å². The van der Waals surface area contributed by atoms with Crippen LogP contribution in [0.4, 0.5) is 5.69 Å². The molecule has 4 aromatic rings. The number of nitrogens with one attached hydrogen (secondary N) is 1. The van der Waals surface area contributed by atoms with Crippen molar-refractivity contribution < 1.29 is 18.0 Å². The summed E-state index contributed by atoms with van der Waals surface area (Å²) in [6, 6.07) is 30.7. The van der Waals surface area contributed by atoms with Gasteiger partial charge in [0, 0.05) is 24.5 Å². The number of hydrogen-bond acceptors (Lipinski definition) is 4. The second-order valence-electron chi connectivity index (χ2n) is 11.2. The molecule has 4 aromatic carbocycles. The van der Waals surface area contributed by atoms with Crippen LogP contribution in [0.3, 0.4) is 0 Å². The third-order valence-electron chi connectivity index (χ3n) is 7.15. The van der Waals surface area contributed by atoms with Crippen molar-refractivity contribution in [2.75, 3.05) is 17.4 Å². The van der Waals surface area contributed by atoms with Gasteiger partial charge in [-0.05, 0) is 60.4 Å². The third-order valence-corrected chi connectivity index (χ3v) is 9.19. The Morgan fingerprint density at radius 3 is 1.98 bits per heavy atom. The zero-order chi connectivity index (χ0) is 31.7. The number of benzene rings is 4. The van der Waals surface area contributed by atoms with E-state index < -0.39 is 28.5 Å². The Hall–Kier alpha value is -4.14. The molecule has 0 heterocycles. The summed E-state index contributed by atoms with van der Waals surface area (Å²) in [6.07, 6.45) is 0.262. The zero-order valence-corrected chi connectivity index (χ0v) is 26.8. The number of anilines is 1. The molecule has 1 N–H and O–H groups in total.